The van der Waals surface area contributed by atoms with Crippen molar-refractivity contribution in [3.8, 4) is 5.69 Å². The molecule has 1 saturated heterocycles. The number of nitrogens with zero attached hydrogens (tertiary/aromatic N) is 4. The smallest absolute Gasteiger partial charge is 0.150 e. The Morgan fingerprint density at radius 2 is 1.85 bits per heavy atom. The lowest BCUT2D eigenvalue weighted by Crippen LogP contribution is -2.37. The summed E-state index contributed by atoms with van der Waals surface area (Å²) in [4.78, 5) is 11.6. The van der Waals surface area contributed by atoms with Crippen molar-refractivity contribution >= 4 is 16.9 Å². The molecule has 1 fully saturated rings. The third-order valence-corrected chi connectivity index (χ3v) is 5.35. The Kier molecular flexibility index (Phi) is 5.36. The van der Waals surface area contributed by atoms with Gasteiger partial charge in [0.05, 0.1) is 18.6 Å². The minimum absolute atomic E-state index is 0.853. The minimum Gasteiger partial charge on any atom is -0.379 e. The van der Waals surface area contributed by atoms with Gasteiger partial charge in [0.15, 0.2) is 5.65 Å². The van der Waals surface area contributed by atoms with Crippen molar-refractivity contribution < 1.29 is 4.74 Å². The molecule has 0 saturated carbocycles. The fourth-order valence-electron chi connectivity index (χ4n) is 3.76. The molecule has 6 nitrogen and oxygen atoms in total. The standard InChI is InChI=1S/C21H27N5O/c1-16-17(2)26(18-7-4-3-5-8-18)21-19(16)20(23-15-24-21)22-9-6-10-25-11-13-27-14-12-25/h3-5,7-8,15H,6,9-14H2,1-2H3,(H,22,23,24). The summed E-state index contributed by atoms with van der Waals surface area (Å²) >= 11 is 0. The van der Waals surface area contributed by atoms with Gasteiger partial charge in [0.25, 0.3) is 0 Å². The van der Waals surface area contributed by atoms with Gasteiger partial charge in [-0.3, -0.25) is 9.47 Å². The van der Waals surface area contributed by atoms with E-state index < -0.39 is 0 Å². The summed E-state index contributed by atoms with van der Waals surface area (Å²) in [5.41, 5.74) is 4.52. The molecule has 1 aromatic carbocycles. The Morgan fingerprint density at radius 1 is 1.07 bits per heavy atom. The van der Waals surface area contributed by atoms with Crippen LogP contribution in [-0.4, -0.2) is 58.8 Å². The third-order valence-electron chi connectivity index (χ3n) is 5.35. The maximum atomic E-state index is 5.41. The number of para-hydroxylation sites is 1. The molecule has 1 aliphatic rings. The van der Waals surface area contributed by atoms with E-state index in [0.29, 0.717) is 0 Å². The summed E-state index contributed by atoms with van der Waals surface area (Å²) in [6.07, 6.45) is 2.74. The quantitative estimate of drug-likeness (QED) is 0.680. The van der Waals surface area contributed by atoms with E-state index in [4.69, 9.17) is 4.74 Å². The van der Waals surface area contributed by atoms with Crippen LogP contribution in [0.2, 0.25) is 0 Å². The van der Waals surface area contributed by atoms with Crippen LogP contribution in [0.15, 0.2) is 36.7 Å². The molecule has 3 heterocycles. The van der Waals surface area contributed by atoms with E-state index in [9.17, 15) is 0 Å². The average molecular weight is 365 g/mol. The second-order valence-electron chi connectivity index (χ2n) is 7.04. The highest BCUT2D eigenvalue weighted by molar-refractivity contribution is 5.93. The highest BCUT2D eigenvalue weighted by Gasteiger charge is 2.17. The first kappa shape index (κ1) is 17.9. The number of rotatable bonds is 6. The summed E-state index contributed by atoms with van der Waals surface area (Å²) in [5, 5.41) is 4.65. The van der Waals surface area contributed by atoms with E-state index in [-0.39, 0.29) is 0 Å². The Labute approximate surface area is 160 Å². The van der Waals surface area contributed by atoms with Crippen LogP contribution >= 0.6 is 0 Å². The van der Waals surface area contributed by atoms with E-state index in [2.05, 4.69) is 62.9 Å². The molecule has 4 rings (SSSR count). The first-order valence-electron chi connectivity index (χ1n) is 9.67. The van der Waals surface area contributed by atoms with Crippen molar-refractivity contribution in [2.24, 2.45) is 0 Å². The van der Waals surface area contributed by atoms with Gasteiger partial charge in [0, 0.05) is 31.0 Å². The molecule has 1 N–H and O–H groups in total. The zero-order valence-corrected chi connectivity index (χ0v) is 16.1. The summed E-state index contributed by atoms with van der Waals surface area (Å²) in [6, 6.07) is 10.4. The molecule has 2 aromatic heterocycles. The van der Waals surface area contributed by atoms with E-state index in [1.54, 1.807) is 6.33 Å². The molecule has 0 radical (unpaired) electrons. The lowest BCUT2D eigenvalue weighted by Gasteiger charge is -2.26. The molecule has 0 spiro atoms. The summed E-state index contributed by atoms with van der Waals surface area (Å²) in [6.45, 7) is 10.1. The molecule has 0 amide bonds. The van der Waals surface area contributed by atoms with E-state index in [1.807, 2.05) is 6.07 Å². The van der Waals surface area contributed by atoms with Crippen LogP contribution in [0.1, 0.15) is 17.7 Å². The number of aromatic nitrogens is 3. The number of aryl methyl sites for hydroxylation is 1. The predicted molar refractivity (Wildman–Crippen MR) is 109 cm³/mol. The molecule has 142 valence electrons. The molecule has 1 aliphatic heterocycles. The first-order valence-corrected chi connectivity index (χ1v) is 9.67. The number of morpholine rings is 1. The van der Waals surface area contributed by atoms with Gasteiger partial charge in [-0.05, 0) is 44.5 Å². The Morgan fingerprint density at radius 3 is 2.63 bits per heavy atom. The van der Waals surface area contributed by atoms with E-state index in [1.165, 1.54) is 11.3 Å². The minimum atomic E-state index is 0.853. The van der Waals surface area contributed by atoms with Gasteiger partial charge in [-0.15, -0.1) is 0 Å². The van der Waals surface area contributed by atoms with Gasteiger partial charge >= 0.3 is 0 Å². The Bertz CT molecular complexity index is 900. The highest BCUT2D eigenvalue weighted by Crippen LogP contribution is 2.31. The van der Waals surface area contributed by atoms with Gasteiger partial charge in [0.2, 0.25) is 0 Å². The van der Waals surface area contributed by atoms with Crippen LogP contribution in [0.25, 0.3) is 16.7 Å². The normalized spacial score (nSPS) is 15.3. The van der Waals surface area contributed by atoms with Crippen LogP contribution in [0.3, 0.4) is 0 Å². The Balaban J connectivity index is 1.53. The molecule has 0 unspecified atom stereocenters. The zero-order valence-electron chi connectivity index (χ0n) is 16.1. The van der Waals surface area contributed by atoms with Crippen LogP contribution in [-0.2, 0) is 4.74 Å². The fourth-order valence-corrected chi connectivity index (χ4v) is 3.76. The molecular formula is C21H27N5O. The predicted octanol–water partition coefficient (Wildman–Crippen LogP) is 3.17. The maximum absolute atomic E-state index is 5.41. The highest BCUT2D eigenvalue weighted by atomic mass is 16.5. The number of fused-ring (bicyclic) bond motifs is 1. The molecule has 3 aromatic rings. The van der Waals surface area contributed by atoms with Gasteiger partial charge in [0.1, 0.15) is 12.1 Å². The number of anilines is 1. The van der Waals surface area contributed by atoms with Gasteiger partial charge < -0.3 is 10.1 Å². The lowest BCUT2D eigenvalue weighted by molar-refractivity contribution is 0.0378. The van der Waals surface area contributed by atoms with Crippen molar-refractivity contribution in [1.29, 1.82) is 0 Å². The summed E-state index contributed by atoms with van der Waals surface area (Å²) < 4.78 is 7.62. The second-order valence-corrected chi connectivity index (χ2v) is 7.04. The van der Waals surface area contributed by atoms with Crippen LogP contribution in [0.4, 0.5) is 5.82 Å². The number of ether oxygens (including phenoxy) is 1. The Hall–Kier alpha value is -2.44. The lowest BCUT2D eigenvalue weighted by atomic mass is 10.2. The molecule has 6 heteroatoms. The second kappa shape index (κ2) is 8.06. The number of nitrogens with one attached hydrogen (secondary N) is 1. The van der Waals surface area contributed by atoms with Crippen LogP contribution in [0.5, 0.6) is 0 Å². The topological polar surface area (TPSA) is 55.2 Å². The van der Waals surface area contributed by atoms with Gasteiger partial charge in [-0.1, -0.05) is 18.2 Å². The number of hydrogen-bond donors (Lipinski definition) is 1. The van der Waals surface area contributed by atoms with E-state index in [0.717, 1.165) is 68.4 Å². The van der Waals surface area contributed by atoms with Gasteiger partial charge in [-0.25, -0.2) is 9.97 Å². The van der Waals surface area contributed by atoms with Crippen LogP contribution in [0, 0.1) is 13.8 Å². The van der Waals surface area contributed by atoms with Crippen molar-refractivity contribution in [2.45, 2.75) is 20.3 Å². The first-order chi connectivity index (χ1) is 13.3. The van der Waals surface area contributed by atoms with Crippen molar-refractivity contribution in [3.63, 3.8) is 0 Å². The molecule has 0 aliphatic carbocycles. The average Bonchev–Trinajstić information content (AvgIpc) is 2.98. The molecule has 0 bridgehead atoms. The zero-order chi connectivity index (χ0) is 18.6. The van der Waals surface area contributed by atoms with Crippen molar-refractivity contribution in [2.75, 3.05) is 44.7 Å². The molecule has 27 heavy (non-hydrogen) atoms. The monoisotopic (exact) mass is 365 g/mol. The molecular weight excluding hydrogens is 338 g/mol. The maximum Gasteiger partial charge on any atom is 0.150 e. The van der Waals surface area contributed by atoms with Gasteiger partial charge in [-0.2, -0.15) is 0 Å². The largest absolute Gasteiger partial charge is 0.379 e. The summed E-state index contributed by atoms with van der Waals surface area (Å²) in [5.74, 6) is 0.928. The fraction of sp³-hybridized carbons (Fsp3) is 0.429. The van der Waals surface area contributed by atoms with E-state index >= 15 is 0 Å². The SMILES string of the molecule is Cc1c(C)n(-c2ccccc2)c2ncnc(NCCCN3CCOCC3)c12. The number of benzene rings is 1. The van der Waals surface area contributed by atoms with Crippen LogP contribution < -0.4 is 5.32 Å². The third kappa shape index (κ3) is 3.68. The van der Waals surface area contributed by atoms with Crippen molar-refractivity contribution in [3.05, 3.63) is 47.9 Å². The number of hydrogen-bond acceptors (Lipinski definition) is 5. The molecule has 0 atom stereocenters. The summed E-state index contributed by atoms with van der Waals surface area (Å²) in [7, 11) is 0. The van der Waals surface area contributed by atoms with Crippen molar-refractivity contribution in [1.82, 2.24) is 19.4 Å².